The molecule has 1 saturated heterocycles. The number of benzene rings is 2. The zero-order valence-electron chi connectivity index (χ0n) is 16.3. The number of carbonyl (C=O) groups excluding carboxylic acids is 2. The third-order valence-corrected chi connectivity index (χ3v) is 6.07. The van der Waals surface area contributed by atoms with E-state index >= 15 is 0 Å². The number of rotatable bonds is 6. The van der Waals surface area contributed by atoms with E-state index in [9.17, 15) is 9.59 Å². The lowest BCUT2D eigenvalue weighted by Gasteiger charge is -2.36. The van der Waals surface area contributed by atoms with Gasteiger partial charge in [0.25, 0.3) is 0 Å². The van der Waals surface area contributed by atoms with Gasteiger partial charge in [0, 0.05) is 37.4 Å². The van der Waals surface area contributed by atoms with Crippen molar-refractivity contribution >= 4 is 38.9 Å². The van der Waals surface area contributed by atoms with Crippen molar-refractivity contribution in [3.05, 3.63) is 59.1 Å². The summed E-state index contributed by atoms with van der Waals surface area (Å²) in [5, 5.41) is 0.887. The molecule has 1 aromatic heterocycles. The van der Waals surface area contributed by atoms with E-state index in [1.165, 1.54) is 0 Å². The summed E-state index contributed by atoms with van der Waals surface area (Å²) in [5.74, 6) is 0.0792. The van der Waals surface area contributed by atoms with Crippen LogP contribution in [0.15, 0.2) is 48.5 Å². The highest BCUT2D eigenvalue weighted by atomic mass is 32.1. The average Bonchev–Trinajstić information content (AvgIpc) is 3.16. The van der Waals surface area contributed by atoms with Crippen LogP contribution in [0.3, 0.4) is 0 Å². The number of hydrogen-bond acceptors (Lipinski definition) is 6. The first kappa shape index (κ1) is 19.5. The molecule has 1 amide bonds. The van der Waals surface area contributed by atoms with E-state index in [4.69, 9.17) is 4.74 Å². The van der Waals surface area contributed by atoms with Gasteiger partial charge in [-0.15, -0.1) is 11.3 Å². The lowest BCUT2D eigenvalue weighted by Crippen LogP contribution is -2.49. The van der Waals surface area contributed by atoms with Gasteiger partial charge in [-0.2, -0.15) is 0 Å². The normalized spacial score (nSPS) is 14.4. The van der Waals surface area contributed by atoms with Gasteiger partial charge in [-0.05, 0) is 43.3 Å². The zero-order chi connectivity index (χ0) is 20.2. The van der Waals surface area contributed by atoms with Crippen LogP contribution in [0.5, 0.6) is 0 Å². The molecule has 4 rings (SSSR count). The molecule has 0 spiro atoms. The number of fused-ring (bicyclic) bond motifs is 1. The summed E-state index contributed by atoms with van der Waals surface area (Å²) < 4.78 is 6.75. The summed E-state index contributed by atoms with van der Waals surface area (Å²) in [6, 6.07) is 15.6. The van der Waals surface area contributed by atoms with Crippen LogP contribution in [0.25, 0.3) is 10.2 Å². The van der Waals surface area contributed by atoms with E-state index in [0.717, 1.165) is 34.0 Å². The van der Waals surface area contributed by atoms with Crippen LogP contribution in [-0.4, -0.2) is 54.4 Å². The summed E-state index contributed by atoms with van der Waals surface area (Å²) in [4.78, 5) is 32.5. The third-order valence-electron chi connectivity index (χ3n) is 5.06. The van der Waals surface area contributed by atoms with Gasteiger partial charge in [0.2, 0.25) is 5.91 Å². The number of piperazine rings is 1. The zero-order valence-corrected chi connectivity index (χ0v) is 17.2. The molecule has 3 aromatic rings. The second-order valence-corrected chi connectivity index (χ2v) is 8.15. The Bertz CT molecular complexity index is 975. The summed E-state index contributed by atoms with van der Waals surface area (Å²) in [6.07, 6.45) is 0. The SMILES string of the molecule is CC(=O)c1ccc(N2CCN(C(=O)COCc3nc4ccccc4s3)CC2)cc1. The second-order valence-electron chi connectivity index (χ2n) is 7.04. The first-order valence-electron chi connectivity index (χ1n) is 9.66. The van der Waals surface area contributed by atoms with Crippen molar-refractivity contribution in [2.45, 2.75) is 13.5 Å². The van der Waals surface area contributed by atoms with Gasteiger partial charge in [0.05, 0.1) is 16.8 Å². The maximum Gasteiger partial charge on any atom is 0.248 e. The second kappa shape index (κ2) is 8.71. The van der Waals surface area contributed by atoms with Crippen LogP contribution in [0.1, 0.15) is 22.3 Å². The Hall–Kier alpha value is -2.77. The van der Waals surface area contributed by atoms with E-state index in [2.05, 4.69) is 9.88 Å². The molecule has 1 aliphatic rings. The van der Waals surface area contributed by atoms with Crippen LogP contribution < -0.4 is 4.90 Å². The minimum atomic E-state index is 0.0117. The van der Waals surface area contributed by atoms with Gasteiger partial charge < -0.3 is 14.5 Å². The van der Waals surface area contributed by atoms with Gasteiger partial charge in [0.15, 0.2) is 5.78 Å². The van der Waals surface area contributed by atoms with E-state index in [0.29, 0.717) is 25.3 Å². The molecular weight excluding hydrogens is 386 g/mol. The van der Waals surface area contributed by atoms with Crippen molar-refractivity contribution in [1.82, 2.24) is 9.88 Å². The minimum absolute atomic E-state index is 0.0117. The highest BCUT2D eigenvalue weighted by molar-refractivity contribution is 7.18. The van der Waals surface area contributed by atoms with Crippen molar-refractivity contribution in [2.24, 2.45) is 0 Å². The molecule has 0 saturated carbocycles. The molecule has 2 heterocycles. The predicted molar refractivity (Wildman–Crippen MR) is 115 cm³/mol. The topological polar surface area (TPSA) is 62.7 Å². The molecule has 1 aliphatic heterocycles. The van der Waals surface area contributed by atoms with Crippen molar-refractivity contribution in [2.75, 3.05) is 37.7 Å². The van der Waals surface area contributed by atoms with Crippen LogP contribution in [0, 0.1) is 0 Å². The fourth-order valence-electron chi connectivity index (χ4n) is 3.42. The highest BCUT2D eigenvalue weighted by Crippen LogP contribution is 2.22. The number of aromatic nitrogens is 1. The first-order chi connectivity index (χ1) is 14.1. The Morgan fingerprint density at radius 3 is 2.45 bits per heavy atom. The highest BCUT2D eigenvalue weighted by Gasteiger charge is 2.21. The number of nitrogens with zero attached hydrogens (tertiary/aromatic N) is 3. The van der Waals surface area contributed by atoms with Crippen molar-refractivity contribution in [1.29, 1.82) is 0 Å². The lowest BCUT2D eigenvalue weighted by atomic mass is 10.1. The molecule has 0 unspecified atom stereocenters. The number of amides is 1. The Labute approximate surface area is 173 Å². The Morgan fingerprint density at radius 2 is 1.76 bits per heavy atom. The summed E-state index contributed by atoms with van der Waals surface area (Å²) in [6.45, 7) is 4.86. The van der Waals surface area contributed by atoms with Crippen LogP contribution >= 0.6 is 11.3 Å². The Morgan fingerprint density at radius 1 is 1.03 bits per heavy atom. The number of ether oxygens (including phenoxy) is 1. The average molecular weight is 410 g/mol. The molecule has 0 radical (unpaired) electrons. The van der Waals surface area contributed by atoms with Gasteiger partial charge in [-0.3, -0.25) is 9.59 Å². The number of ketones is 1. The quantitative estimate of drug-likeness (QED) is 0.584. The van der Waals surface area contributed by atoms with Crippen LogP contribution in [0.2, 0.25) is 0 Å². The lowest BCUT2D eigenvalue weighted by molar-refractivity contribution is -0.136. The molecule has 29 heavy (non-hydrogen) atoms. The molecule has 0 N–H and O–H groups in total. The molecule has 150 valence electrons. The van der Waals surface area contributed by atoms with Crippen molar-refractivity contribution < 1.29 is 14.3 Å². The van der Waals surface area contributed by atoms with E-state index in [1.807, 2.05) is 53.4 Å². The molecule has 7 heteroatoms. The van der Waals surface area contributed by atoms with E-state index in [1.54, 1.807) is 18.3 Å². The molecule has 0 bridgehead atoms. The Kier molecular flexibility index (Phi) is 5.87. The van der Waals surface area contributed by atoms with Crippen molar-refractivity contribution in [3.63, 3.8) is 0 Å². The maximum atomic E-state index is 12.5. The number of carbonyl (C=O) groups is 2. The fourth-order valence-corrected chi connectivity index (χ4v) is 4.32. The third kappa shape index (κ3) is 4.63. The summed E-state index contributed by atoms with van der Waals surface area (Å²) >= 11 is 1.60. The number of hydrogen-bond donors (Lipinski definition) is 0. The summed E-state index contributed by atoms with van der Waals surface area (Å²) in [7, 11) is 0. The van der Waals surface area contributed by atoms with E-state index < -0.39 is 0 Å². The molecule has 2 aromatic carbocycles. The molecule has 6 nitrogen and oxygen atoms in total. The van der Waals surface area contributed by atoms with Gasteiger partial charge in [-0.1, -0.05) is 12.1 Å². The maximum absolute atomic E-state index is 12.5. The number of thiazole rings is 1. The first-order valence-corrected chi connectivity index (χ1v) is 10.5. The minimum Gasteiger partial charge on any atom is -0.368 e. The molecule has 0 atom stereocenters. The molecular formula is C22H23N3O3S. The van der Waals surface area contributed by atoms with Crippen LogP contribution in [0.4, 0.5) is 5.69 Å². The molecule has 0 aliphatic carbocycles. The van der Waals surface area contributed by atoms with Gasteiger partial charge >= 0.3 is 0 Å². The monoisotopic (exact) mass is 409 g/mol. The molecule has 1 fully saturated rings. The van der Waals surface area contributed by atoms with Crippen molar-refractivity contribution in [3.8, 4) is 0 Å². The fraction of sp³-hybridized carbons (Fsp3) is 0.318. The van der Waals surface area contributed by atoms with E-state index in [-0.39, 0.29) is 18.3 Å². The van der Waals surface area contributed by atoms with Crippen LogP contribution in [-0.2, 0) is 16.1 Å². The Balaban J connectivity index is 1.24. The number of Topliss-reactive ketones (excluding diaryl/α,β-unsaturated/α-hetero) is 1. The smallest absolute Gasteiger partial charge is 0.248 e. The largest absolute Gasteiger partial charge is 0.368 e. The number of anilines is 1. The standard InChI is InChI=1S/C22H23N3O3S/c1-16(26)17-6-8-18(9-7-17)24-10-12-25(13-11-24)22(27)15-28-14-21-23-19-4-2-3-5-20(19)29-21/h2-9H,10-15H2,1H3. The summed E-state index contributed by atoms with van der Waals surface area (Å²) in [5.41, 5.74) is 2.76. The van der Waals surface area contributed by atoms with Gasteiger partial charge in [0.1, 0.15) is 11.6 Å². The number of para-hydroxylation sites is 1. The predicted octanol–water partition coefficient (Wildman–Crippen LogP) is 3.36. The van der Waals surface area contributed by atoms with Gasteiger partial charge in [-0.25, -0.2) is 4.98 Å².